The third-order valence-corrected chi connectivity index (χ3v) is 5.69. The monoisotopic (exact) mass is 452 g/mol. The maximum Gasteiger partial charge on any atom is 0.134 e. The average Bonchev–Trinajstić information content (AvgIpc) is 2.72. The minimum absolute atomic E-state index is 0.132. The Morgan fingerprint density at radius 2 is 1.68 bits per heavy atom. The smallest absolute Gasteiger partial charge is 0.134 e. The number of allylic oxidation sites excluding steroid dienone is 7. The molecule has 0 aromatic carbocycles. The fraction of sp³-hybridized carbons (Fsp3) is 0.522. The number of aliphatic hydroxyl groups excluding tert-OH is 1. The quantitative estimate of drug-likeness (QED) is 0.122. The largest absolute Gasteiger partial charge is 0.550 e. The molecule has 31 heavy (non-hydrogen) atoms. The molecule has 8 heteroatoms. The Labute approximate surface area is 188 Å². The number of carbonyl (C=O) groups is 3. The highest BCUT2D eigenvalue weighted by Gasteiger charge is 2.19. The van der Waals surface area contributed by atoms with Crippen molar-refractivity contribution in [2.45, 2.75) is 68.8 Å². The van der Waals surface area contributed by atoms with Gasteiger partial charge in [0.25, 0.3) is 0 Å². The molecule has 0 radical (unpaired) electrons. The number of rotatable bonds is 19. The van der Waals surface area contributed by atoms with Gasteiger partial charge in [-0.25, -0.2) is 0 Å². The highest BCUT2D eigenvalue weighted by atomic mass is 32.2. The molecule has 7 nitrogen and oxygen atoms in total. The lowest BCUT2D eigenvalue weighted by Gasteiger charge is -2.20. The summed E-state index contributed by atoms with van der Waals surface area (Å²) in [6, 6.07) is -0.895. The molecule has 0 aromatic rings. The van der Waals surface area contributed by atoms with Crippen LogP contribution in [0.15, 0.2) is 48.6 Å². The number of aldehydes is 1. The van der Waals surface area contributed by atoms with Crippen LogP contribution in [-0.4, -0.2) is 46.5 Å². The Morgan fingerprint density at radius 3 is 2.35 bits per heavy atom. The van der Waals surface area contributed by atoms with Crippen molar-refractivity contribution in [3.05, 3.63) is 48.6 Å². The first-order valence-corrected chi connectivity index (χ1v) is 11.6. The normalized spacial score (nSPS) is 15.2. The number of hydrogen-bond donors (Lipinski definition) is 2. The molecule has 0 aliphatic heterocycles. The second-order valence-corrected chi connectivity index (χ2v) is 8.21. The van der Waals surface area contributed by atoms with Crippen molar-refractivity contribution >= 4 is 30.0 Å². The Bertz CT molecular complexity index is 630. The van der Waals surface area contributed by atoms with Crippen LogP contribution in [0.4, 0.5) is 0 Å². The van der Waals surface area contributed by atoms with Crippen LogP contribution >= 0.6 is 11.8 Å². The van der Waals surface area contributed by atoms with Crippen molar-refractivity contribution in [3.8, 4) is 0 Å². The summed E-state index contributed by atoms with van der Waals surface area (Å²) in [7, 11) is 0. The fourth-order valence-corrected chi connectivity index (χ4v) is 3.60. The van der Waals surface area contributed by atoms with Crippen LogP contribution in [0.5, 0.6) is 0 Å². The first kappa shape index (κ1) is 28.8. The second kappa shape index (κ2) is 19.8. The van der Waals surface area contributed by atoms with Crippen LogP contribution < -0.4 is 15.9 Å². The number of unbranched alkanes of at least 4 members (excludes halogenated alkanes) is 3. The van der Waals surface area contributed by atoms with Crippen LogP contribution in [-0.2, 0) is 14.4 Å². The van der Waals surface area contributed by atoms with E-state index in [-0.39, 0.29) is 30.3 Å². The summed E-state index contributed by atoms with van der Waals surface area (Å²) in [4.78, 5) is 31.6. The molecule has 174 valence electrons. The zero-order chi connectivity index (χ0) is 23.3. The first-order chi connectivity index (χ1) is 14.9. The van der Waals surface area contributed by atoms with E-state index in [1.54, 1.807) is 12.2 Å². The molecule has 0 saturated heterocycles. The maximum absolute atomic E-state index is 10.8. The highest BCUT2D eigenvalue weighted by molar-refractivity contribution is 8.00. The molecule has 4 N–H and O–H groups in total. The Balaban J connectivity index is 4.47. The van der Waals surface area contributed by atoms with E-state index in [0.717, 1.165) is 32.0 Å². The predicted octanol–water partition coefficient (Wildman–Crippen LogP) is 0.104. The van der Waals surface area contributed by atoms with Crippen molar-refractivity contribution in [3.63, 3.8) is 0 Å². The highest BCUT2D eigenvalue weighted by Crippen LogP contribution is 2.20. The van der Waals surface area contributed by atoms with Gasteiger partial charge in [0.1, 0.15) is 12.3 Å². The average molecular weight is 453 g/mol. The summed E-state index contributed by atoms with van der Waals surface area (Å²) in [5.74, 6) is -2.23. The number of hydrogen-bond acceptors (Lipinski definition) is 7. The SMILES string of the molecule is [NH3+][C@@H](CS[C@H](/C=C/C=C/C=C\C/C=C\CCCCC=O)[C@@H](O)CCCC(=O)[O-])C(=O)[O-]. The molecule has 0 aliphatic rings. The molecule has 0 aliphatic carbocycles. The topological polar surface area (TPSA) is 145 Å². The van der Waals surface area contributed by atoms with Gasteiger partial charge in [0.15, 0.2) is 0 Å². The van der Waals surface area contributed by atoms with Gasteiger partial charge >= 0.3 is 0 Å². The standard InChI is InChI=1S/C23H35NO6S/c24-19(23(29)30)18-31-21(20(26)14-13-16-22(27)28)15-11-9-7-5-3-1-2-4-6-8-10-12-17-25/h2-5,7,9,11,15,17,19-21,26H,1,6,8,10,12-14,16,18,24H2,(H,27,28)(H,29,30)/p-1/b4-2-,5-3-,9-7+,15-11+/t19-,20-,21+/m0/s1. The Kier molecular flexibility index (Phi) is 18.4. The molecule has 0 heterocycles. The van der Waals surface area contributed by atoms with E-state index in [4.69, 9.17) is 0 Å². The maximum atomic E-state index is 10.8. The van der Waals surface area contributed by atoms with Crippen LogP contribution in [0.1, 0.15) is 51.4 Å². The molecule has 0 spiro atoms. The van der Waals surface area contributed by atoms with E-state index >= 15 is 0 Å². The van der Waals surface area contributed by atoms with Crippen molar-refractivity contribution in [2.24, 2.45) is 0 Å². The number of carbonyl (C=O) groups excluding carboxylic acids is 3. The minimum atomic E-state index is -1.25. The number of quaternary nitrogens is 1. The number of carboxylic acid groups (broad SMARTS) is 2. The van der Waals surface area contributed by atoms with Gasteiger partial charge in [-0.1, -0.05) is 48.6 Å². The molecule has 0 saturated carbocycles. The van der Waals surface area contributed by atoms with Gasteiger partial charge < -0.3 is 35.4 Å². The molecule has 0 rings (SSSR count). The van der Waals surface area contributed by atoms with E-state index in [1.165, 1.54) is 11.8 Å². The van der Waals surface area contributed by atoms with Crippen LogP contribution in [0.3, 0.4) is 0 Å². The van der Waals surface area contributed by atoms with Crippen LogP contribution in [0.2, 0.25) is 0 Å². The van der Waals surface area contributed by atoms with Gasteiger partial charge in [-0.15, -0.1) is 11.8 Å². The van der Waals surface area contributed by atoms with E-state index in [9.17, 15) is 29.7 Å². The van der Waals surface area contributed by atoms with Crippen molar-refractivity contribution in [2.75, 3.05) is 5.75 Å². The van der Waals surface area contributed by atoms with Crippen LogP contribution in [0, 0.1) is 0 Å². The Hall–Kier alpha value is -2.16. The van der Waals surface area contributed by atoms with Crippen LogP contribution in [0.25, 0.3) is 0 Å². The second-order valence-electron chi connectivity index (χ2n) is 7.00. The van der Waals surface area contributed by atoms with Gasteiger partial charge in [0, 0.05) is 17.6 Å². The van der Waals surface area contributed by atoms with E-state index in [0.29, 0.717) is 6.42 Å². The summed E-state index contributed by atoms with van der Waals surface area (Å²) >= 11 is 1.25. The molecule has 0 amide bonds. The van der Waals surface area contributed by atoms with E-state index < -0.39 is 24.1 Å². The lowest BCUT2D eigenvalue weighted by atomic mass is 10.1. The molecule has 0 fully saturated rings. The lowest BCUT2D eigenvalue weighted by molar-refractivity contribution is -0.431. The zero-order valence-corrected chi connectivity index (χ0v) is 18.7. The molecule has 3 atom stereocenters. The van der Waals surface area contributed by atoms with Crippen molar-refractivity contribution in [1.82, 2.24) is 0 Å². The lowest BCUT2D eigenvalue weighted by Crippen LogP contribution is -2.69. The zero-order valence-electron chi connectivity index (χ0n) is 17.9. The summed E-state index contributed by atoms with van der Waals surface area (Å²) in [6.07, 6.45) is 20.2. The van der Waals surface area contributed by atoms with Gasteiger partial charge in [0.05, 0.1) is 17.8 Å². The third kappa shape index (κ3) is 18.3. The number of carboxylic acids is 2. The van der Waals surface area contributed by atoms with Gasteiger partial charge in [-0.05, 0) is 44.9 Å². The number of aliphatic hydroxyl groups is 1. The molecule has 0 bridgehead atoms. The fourth-order valence-electron chi connectivity index (χ4n) is 2.45. The van der Waals surface area contributed by atoms with Gasteiger partial charge in [-0.3, -0.25) is 0 Å². The van der Waals surface area contributed by atoms with Gasteiger partial charge in [0.2, 0.25) is 0 Å². The van der Waals surface area contributed by atoms with Crippen molar-refractivity contribution < 1.29 is 35.4 Å². The van der Waals surface area contributed by atoms with E-state index in [1.807, 2.05) is 24.3 Å². The molecular weight excluding hydrogens is 418 g/mol. The Morgan fingerprint density at radius 1 is 0.968 bits per heavy atom. The molecule has 0 aromatic heterocycles. The predicted molar refractivity (Wildman–Crippen MR) is 119 cm³/mol. The third-order valence-electron chi connectivity index (χ3n) is 4.24. The molecular formula is C23H34NO6S-. The van der Waals surface area contributed by atoms with E-state index in [2.05, 4.69) is 17.9 Å². The first-order valence-electron chi connectivity index (χ1n) is 10.5. The summed E-state index contributed by atoms with van der Waals surface area (Å²) in [5.41, 5.74) is 3.51. The minimum Gasteiger partial charge on any atom is -0.550 e. The summed E-state index contributed by atoms with van der Waals surface area (Å²) in [6.45, 7) is 0. The summed E-state index contributed by atoms with van der Waals surface area (Å²) < 4.78 is 0. The number of thioether (sulfide) groups is 1. The number of aliphatic carboxylic acids is 2. The van der Waals surface area contributed by atoms with Gasteiger partial charge in [-0.2, -0.15) is 0 Å². The van der Waals surface area contributed by atoms with Crippen molar-refractivity contribution in [1.29, 1.82) is 0 Å². The molecule has 0 unspecified atom stereocenters. The summed E-state index contributed by atoms with van der Waals surface area (Å²) in [5, 5.41) is 31.3.